The first-order valence-corrected chi connectivity index (χ1v) is 10.4. The summed E-state index contributed by atoms with van der Waals surface area (Å²) < 4.78 is 10.6. The van der Waals surface area contributed by atoms with Gasteiger partial charge in [-0.3, -0.25) is 0 Å². The van der Waals surface area contributed by atoms with Gasteiger partial charge in [-0.15, -0.1) is 0 Å². The van der Waals surface area contributed by atoms with Crippen LogP contribution in [0.25, 0.3) is 0 Å². The van der Waals surface area contributed by atoms with Crippen LogP contribution in [-0.2, 0) is 17.8 Å². The molecule has 2 atom stereocenters. The summed E-state index contributed by atoms with van der Waals surface area (Å²) in [5.74, 6) is 0.398. The van der Waals surface area contributed by atoms with Crippen LogP contribution in [-0.4, -0.2) is 30.8 Å². The van der Waals surface area contributed by atoms with Crippen molar-refractivity contribution in [1.29, 1.82) is 0 Å². The summed E-state index contributed by atoms with van der Waals surface area (Å²) in [7, 11) is 1.37. The molecular formula is C26H29NO4. The Morgan fingerprint density at radius 3 is 2.42 bits per heavy atom. The van der Waals surface area contributed by atoms with Crippen LogP contribution >= 0.6 is 0 Å². The number of benzene rings is 3. The molecule has 5 nitrogen and oxygen atoms in total. The molecule has 0 radical (unpaired) electrons. The molecule has 0 amide bonds. The van der Waals surface area contributed by atoms with Gasteiger partial charge in [0.25, 0.3) is 0 Å². The van der Waals surface area contributed by atoms with Crippen LogP contribution in [0, 0.1) is 0 Å². The summed E-state index contributed by atoms with van der Waals surface area (Å²) in [5, 5.41) is 14.0. The Kier molecular flexibility index (Phi) is 8.21. The average Bonchev–Trinajstić information content (AvgIpc) is 2.82. The van der Waals surface area contributed by atoms with E-state index in [9.17, 15) is 9.90 Å². The Morgan fingerprint density at radius 1 is 0.968 bits per heavy atom. The molecule has 0 fully saturated rings. The number of carbonyl (C=O) groups is 1. The maximum Gasteiger partial charge on any atom is 0.337 e. The number of aliphatic hydroxyl groups is 1. The SMILES string of the molecule is COC(=O)c1ccc(C[C@@H](C)NC[C@H](O)c2cccc(OCc3ccccc3)c2)cc1. The Hall–Kier alpha value is -3.15. The number of hydrogen-bond donors (Lipinski definition) is 2. The molecule has 5 heteroatoms. The van der Waals surface area contributed by atoms with Crippen molar-refractivity contribution < 1.29 is 19.4 Å². The van der Waals surface area contributed by atoms with Crippen LogP contribution in [0.3, 0.4) is 0 Å². The lowest BCUT2D eigenvalue weighted by molar-refractivity contribution is 0.0600. The van der Waals surface area contributed by atoms with Crippen LogP contribution in [0.4, 0.5) is 0 Å². The molecule has 0 bridgehead atoms. The molecule has 3 aromatic carbocycles. The lowest BCUT2D eigenvalue weighted by Gasteiger charge is -2.18. The van der Waals surface area contributed by atoms with E-state index in [0.29, 0.717) is 18.7 Å². The molecule has 3 rings (SSSR count). The predicted molar refractivity (Wildman–Crippen MR) is 121 cm³/mol. The van der Waals surface area contributed by atoms with E-state index in [-0.39, 0.29) is 12.0 Å². The number of methoxy groups -OCH3 is 1. The van der Waals surface area contributed by atoms with E-state index in [4.69, 9.17) is 9.47 Å². The second-order valence-corrected chi connectivity index (χ2v) is 7.56. The van der Waals surface area contributed by atoms with E-state index >= 15 is 0 Å². The van der Waals surface area contributed by atoms with Crippen molar-refractivity contribution in [3.63, 3.8) is 0 Å². The van der Waals surface area contributed by atoms with Crippen molar-refractivity contribution in [2.75, 3.05) is 13.7 Å². The van der Waals surface area contributed by atoms with Gasteiger partial charge >= 0.3 is 5.97 Å². The number of nitrogens with one attached hydrogen (secondary N) is 1. The molecule has 162 valence electrons. The monoisotopic (exact) mass is 419 g/mol. The van der Waals surface area contributed by atoms with Gasteiger partial charge in [0.1, 0.15) is 12.4 Å². The maximum atomic E-state index is 11.5. The first-order chi connectivity index (χ1) is 15.0. The molecule has 0 saturated carbocycles. The Labute approximate surface area is 183 Å². The van der Waals surface area contributed by atoms with Gasteiger partial charge in [-0.25, -0.2) is 4.79 Å². The second kappa shape index (κ2) is 11.3. The van der Waals surface area contributed by atoms with Gasteiger partial charge < -0.3 is 19.9 Å². The standard InChI is InChI=1S/C26H29NO4/c1-19(15-20-11-13-22(14-12-20)26(29)30-2)27-17-25(28)23-9-6-10-24(16-23)31-18-21-7-4-3-5-8-21/h3-14,16,19,25,27-28H,15,17-18H2,1-2H3/t19-,25+/m1/s1. The van der Waals surface area contributed by atoms with Gasteiger partial charge in [0.2, 0.25) is 0 Å². The number of esters is 1. The highest BCUT2D eigenvalue weighted by molar-refractivity contribution is 5.89. The van der Waals surface area contributed by atoms with Gasteiger partial charge in [0, 0.05) is 12.6 Å². The normalized spacial score (nSPS) is 12.7. The highest BCUT2D eigenvalue weighted by Gasteiger charge is 2.12. The van der Waals surface area contributed by atoms with Gasteiger partial charge in [0.05, 0.1) is 18.8 Å². The number of ether oxygens (including phenoxy) is 2. The van der Waals surface area contributed by atoms with Crippen molar-refractivity contribution in [2.24, 2.45) is 0 Å². The molecule has 31 heavy (non-hydrogen) atoms. The summed E-state index contributed by atoms with van der Waals surface area (Å²) in [5.41, 5.74) is 3.56. The molecule has 0 aliphatic rings. The van der Waals surface area contributed by atoms with Gasteiger partial charge in [-0.05, 0) is 54.3 Å². The van der Waals surface area contributed by atoms with Crippen molar-refractivity contribution in [3.05, 3.63) is 101 Å². The molecule has 0 aliphatic carbocycles. The van der Waals surface area contributed by atoms with E-state index < -0.39 is 6.10 Å². The summed E-state index contributed by atoms with van der Waals surface area (Å²) >= 11 is 0. The second-order valence-electron chi connectivity index (χ2n) is 7.56. The number of carbonyl (C=O) groups excluding carboxylic acids is 1. The fraction of sp³-hybridized carbons (Fsp3) is 0.269. The topological polar surface area (TPSA) is 67.8 Å². The molecule has 0 heterocycles. The summed E-state index contributed by atoms with van der Waals surface area (Å²) in [6, 6.07) is 25.1. The van der Waals surface area contributed by atoms with Gasteiger partial charge in [-0.2, -0.15) is 0 Å². The molecular weight excluding hydrogens is 390 g/mol. The fourth-order valence-electron chi connectivity index (χ4n) is 3.30. The van der Waals surface area contributed by atoms with Crippen LogP contribution in [0.2, 0.25) is 0 Å². The molecule has 3 aromatic rings. The predicted octanol–water partition coefficient (Wildman–Crippen LogP) is 4.31. The molecule has 0 unspecified atom stereocenters. The van der Waals surface area contributed by atoms with Gasteiger partial charge in [-0.1, -0.05) is 54.6 Å². The van der Waals surface area contributed by atoms with E-state index in [1.54, 1.807) is 12.1 Å². The highest BCUT2D eigenvalue weighted by atomic mass is 16.5. The fourth-order valence-corrected chi connectivity index (χ4v) is 3.30. The molecule has 2 N–H and O–H groups in total. The Morgan fingerprint density at radius 2 is 1.71 bits per heavy atom. The molecule has 0 aromatic heterocycles. The quantitative estimate of drug-likeness (QED) is 0.480. The van der Waals surface area contributed by atoms with Crippen molar-refractivity contribution in [2.45, 2.75) is 32.1 Å². The lowest BCUT2D eigenvalue weighted by atomic mass is 10.0. The van der Waals surface area contributed by atoms with E-state index in [2.05, 4.69) is 12.2 Å². The van der Waals surface area contributed by atoms with Crippen LogP contribution < -0.4 is 10.1 Å². The zero-order valence-corrected chi connectivity index (χ0v) is 18.0. The van der Waals surface area contributed by atoms with E-state index in [1.165, 1.54) is 7.11 Å². The maximum absolute atomic E-state index is 11.5. The first-order valence-electron chi connectivity index (χ1n) is 10.4. The number of hydrogen-bond acceptors (Lipinski definition) is 5. The van der Waals surface area contributed by atoms with Crippen LogP contribution in [0.5, 0.6) is 5.75 Å². The third-order valence-electron chi connectivity index (χ3n) is 5.07. The molecule has 0 spiro atoms. The van der Waals surface area contributed by atoms with Crippen molar-refractivity contribution in [3.8, 4) is 5.75 Å². The summed E-state index contributed by atoms with van der Waals surface area (Å²) in [4.78, 5) is 11.5. The largest absolute Gasteiger partial charge is 0.489 e. The van der Waals surface area contributed by atoms with Crippen LogP contribution in [0.15, 0.2) is 78.9 Å². The van der Waals surface area contributed by atoms with E-state index in [0.717, 1.165) is 28.9 Å². The number of rotatable bonds is 10. The van der Waals surface area contributed by atoms with Crippen molar-refractivity contribution >= 4 is 5.97 Å². The van der Waals surface area contributed by atoms with Gasteiger partial charge in [0.15, 0.2) is 0 Å². The minimum Gasteiger partial charge on any atom is -0.489 e. The first kappa shape index (κ1) is 22.5. The molecule has 0 saturated heterocycles. The summed E-state index contributed by atoms with van der Waals surface area (Å²) in [6.07, 6.45) is 0.151. The van der Waals surface area contributed by atoms with Crippen molar-refractivity contribution in [1.82, 2.24) is 5.32 Å². The average molecular weight is 420 g/mol. The summed E-state index contributed by atoms with van der Waals surface area (Å²) in [6.45, 7) is 2.99. The zero-order chi connectivity index (χ0) is 22.1. The minimum absolute atomic E-state index is 0.163. The third kappa shape index (κ3) is 6.95. The lowest BCUT2D eigenvalue weighted by Crippen LogP contribution is -2.32. The van der Waals surface area contributed by atoms with Crippen LogP contribution in [0.1, 0.15) is 40.1 Å². The zero-order valence-electron chi connectivity index (χ0n) is 18.0. The smallest absolute Gasteiger partial charge is 0.337 e. The third-order valence-corrected chi connectivity index (χ3v) is 5.07. The Bertz CT molecular complexity index is 957. The Balaban J connectivity index is 1.48. The highest BCUT2D eigenvalue weighted by Crippen LogP contribution is 2.20. The molecule has 0 aliphatic heterocycles. The minimum atomic E-state index is -0.635. The van der Waals surface area contributed by atoms with E-state index in [1.807, 2.05) is 66.7 Å². The number of aliphatic hydroxyl groups excluding tert-OH is 1.